The van der Waals surface area contributed by atoms with Crippen LogP contribution in [0.3, 0.4) is 0 Å². The highest BCUT2D eigenvalue weighted by Gasteiger charge is 2.26. The first-order chi connectivity index (χ1) is 10.8. The maximum atomic E-state index is 12.1. The second kappa shape index (κ2) is 10.00. The highest BCUT2D eigenvalue weighted by molar-refractivity contribution is 5.68. The van der Waals surface area contributed by atoms with Crippen molar-refractivity contribution in [3.8, 4) is 0 Å². The lowest BCUT2D eigenvalue weighted by Gasteiger charge is -2.31. The third-order valence-electron chi connectivity index (χ3n) is 4.39. The van der Waals surface area contributed by atoms with Gasteiger partial charge in [0.1, 0.15) is 5.60 Å². The van der Waals surface area contributed by atoms with Crippen LogP contribution in [0.15, 0.2) is 12.2 Å². The fraction of sp³-hybridized carbons (Fsp3) is 0.850. The quantitative estimate of drug-likeness (QED) is 0.597. The van der Waals surface area contributed by atoms with Crippen LogP contribution in [0.2, 0.25) is 0 Å². The van der Waals surface area contributed by atoms with Crippen molar-refractivity contribution >= 4 is 6.09 Å². The van der Waals surface area contributed by atoms with Crippen molar-refractivity contribution in [3.05, 3.63) is 12.2 Å². The summed E-state index contributed by atoms with van der Waals surface area (Å²) in [6.45, 7) is 10.2. The molecule has 1 aliphatic rings. The number of hydrogen-bond donors (Lipinski definition) is 1. The molecule has 0 spiro atoms. The average molecular weight is 324 g/mol. The van der Waals surface area contributed by atoms with Crippen LogP contribution < -0.4 is 5.32 Å². The van der Waals surface area contributed by atoms with Gasteiger partial charge < -0.3 is 10.1 Å². The number of carbonyl (C=O) groups excluding carboxylic acids is 1. The monoisotopic (exact) mass is 323 g/mol. The smallest absolute Gasteiger partial charge is 0.407 e. The van der Waals surface area contributed by atoms with Crippen LogP contribution in [-0.4, -0.2) is 17.7 Å². The normalized spacial score (nSPS) is 18.3. The van der Waals surface area contributed by atoms with E-state index in [1.807, 2.05) is 20.8 Å². The predicted molar refractivity (Wildman–Crippen MR) is 97.6 cm³/mol. The molecule has 0 bridgehead atoms. The molecule has 1 atom stereocenters. The number of ether oxygens (including phenoxy) is 1. The summed E-state index contributed by atoms with van der Waals surface area (Å²) < 4.78 is 5.44. The second-order valence-corrected chi connectivity index (χ2v) is 8.33. The molecule has 0 radical (unpaired) electrons. The summed E-state index contributed by atoms with van der Waals surface area (Å²) in [6, 6.07) is 0.209. The van der Waals surface area contributed by atoms with Gasteiger partial charge in [-0.1, -0.05) is 45.3 Å². The first kappa shape index (κ1) is 20.1. The fourth-order valence-corrected chi connectivity index (χ4v) is 3.15. The Morgan fingerprint density at radius 1 is 1.17 bits per heavy atom. The Morgan fingerprint density at radius 3 is 2.39 bits per heavy atom. The van der Waals surface area contributed by atoms with E-state index >= 15 is 0 Å². The van der Waals surface area contributed by atoms with Crippen molar-refractivity contribution in [3.63, 3.8) is 0 Å². The van der Waals surface area contributed by atoms with Crippen LogP contribution in [0.5, 0.6) is 0 Å². The lowest BCUT2D eigenvalue weighted by atomic mass is 9.82. The molecule has 1 aliphatic carbocycles. The molecule has 3 nitrogen and oxygen atoms in total. The van der Waals surface area contributed by atoms with Crippen molar-refractivity contribution in [1.29, 1.82) is 0 Å². The summed E-state index contributed by atoms with van der Waals surface area (Å²) in [4.78, 5) is 12.1. The van der Waals surface area contributed by atoms with E-state index in [-0.39, 0.29) is 12.1 Å². The minimum atomic E-state index is -0.436. The average Bonchev–Trinajstić information content (AvgIpc) is 2.44. The van der Waals surface area contributed by atoms with Gasteiger partial charge in [-0.2, -0.15) is 0 Å². The molecule has 1 rings (SSSR count). The van der Waals surface area contributed by atoms with Crippen molar-refractivity contribution in [2.45, 2.75) is 97.6 Å². The maximum absolute atomic E-state index is 12.1. The minimum absolute atomic E-state index is 0.209. The summed E-state index contributed by atoms with van der Waals surface area (Å²) in [5.41, 5.74) is -0.436. The summed E-state index contributed by atoms with van der Waals surface area (Å²) in [5, 5.41) is 3.13. The molecule has 0 saturated heterocycles. The van der Waals surface area contributed by atoms with E-state index in [0.29, 0.717) is 5.92 Å². The highest BCUT2D eigenvalue weighted by Crippen LogP contribution is 2.28. The van der Waals surface area contributed by atoms with E-state index in [0.717, 1.165) is 18.8 Å². The van der Waals surface area contributed by atoms with Crippen LogP contribution in [0.4, 0.5) is 4.79 Å². The lowest BCUT2D eigenvalue weighted by Crippen LogP contribution is -2.43. The number of rotatable bonds is 7. The molecule has 23 heavy (non-hydrogen) atoms. The number of hydrogen-bond acceptors (Lipinski definition) is 2. The summed E-state index contributed by atoms with van der Waals surface area (Å²) >= 11 is 0. The molecule has 0 aromatic carbocycles. The first-order valence-corrected chi connectivity index (χ1v) is 9.42. The van der Waals surface area contributed by atoms with Gasteiger partial charge in [0.2, 0.25) is 0 Å². The Labute approximate surface area is 143 Å². The van der Waals surface area contributed by atoms with Gasteiger partial charge in [0.25, 0.3) is 0 Å². The highest BCUT2D eigenvalue weighted by atomic mass is 16.6. The molecule has 1 amide bonds. The Hall–Kier alpha value is -0.990. The Bertz CT molecular complexity index is 362. The lowest BCUT2D eigenvalue weighted by molar-refractivity contribution is 0.0478. The topological polar surface area (TPSA) is 38.3 Å². The minimum Gasteiger partial charge on any atom is -0.444 e. The summed E-state index contributed by atoms with van der Waals surface area (Å²) in [5.74, 6) is 1.33. The molecule has 0 aromatic rings. The van der Waals surface area contributed by atoms with Gasteiger partial charge in [0.05, 0.1) is 0 Å². The van der Waals surface area contributed by atoms with Gasteiger partial charge in [0.15, 0.2) is 0 Å². The van der Waals surface area contributed by atoms with Crippen LogP contribution in [-0.2, 0) is 4.74 Å². The van der Waals surface area contributed by atoms with E-state index in [2.05, 4.69) is 31.3 Å². The number of nitrogens with one attached hydrogen (secondary N) is 1. The predicted octanol–water partition coefficient (Wildman–Crippen LogP) is 5.84. The number of carbonyl (C=O) groups is 1. The summed E-state index contributed by atoms with van der Waals surface area (Å²) in [7, 11) is 0. The SMILES string of the molecule is CC(C)CCC=CC[C@H](NC(=O)OC(C)(C)C)C1CCCCC1. The third kappa shape index (κ3) is 9.68. The van der Waals surface area contributed by atoms with Crippen molar-refractivity contribution in [1.82, 2.24) is 5.32 Å². The molecule has 1 N–H and O–H groups in total. The third-order valence-corrected chi connectivity index (χ3v) is 4.39. The molecule has 0 heterocycles. The largest absolute Gasteiger partial charge is 0.444 e. The molecule has 0 aliphatic heterocycles. The molecule has 0 aromatic heterocycles. The fourth-order valence-electron chi connectivity index (χ4n) is 3.15. The zero-order valence-electron chi connectivity index (χ0n) is 15.9. The van der Waals surface area contributed by atoms with Gasteiger partial charge in [-0.15, -0.1) is 0 Å². The summed E-state index contributed by atoms with van der Waals surface area (Å²) in [6.07, 6.45) is 13.9. The molecule has 1 fully saturated rings. The van der Waals surface area contributed by atoms with Crippen molar-refractivity contribution in [2.24, 2.45) is 11.8 Å². The van der Waals surface area contributed by atoms with Gasteiger partial charge in [-0.05, 0) is 64.7 Å². The zero-order chi connectivity index (χ0) is 17.3. The van der Waals surface area contributed by atoms with E-state index in [1.54, 1.807) is 0 Å². The molecule has 0 unspecified atom stereocenters. The second-order valence-electron chi connectivity index (χ2n) is 8.33. The van der Waals surface area contributed by atoms with E-state index in [9.17, 15) is 4.79 Å². The molecular weight excluding hydrogens is 286 g/mol. The van der Waals surface area contributed by atoms with Crippen LogP contribution in [0, 0.1) is 11.8 Å². The maximum Gasteiger partial charge on any atom is 0.407 e. The number of allylic oxidation sites excluding steroid dienone is 1. The van der Waals surface area contributed by atoms with Crippen molar-refractivity contribution < 1.29 is 9.53 Å². The Morgan fingerprint density at radius 2 is 1.83 bits per heavy atom. The van der Waals surface area contributed by atoms with Gasteiger partial charge in [0, 0.05) is 6.04 Å². The van der Waals surface area contributed by atoms with Crippen LogP contribution in [0.1, 0.15) is 86.0 Å². The van der Waals surface area contributed by atoms with Gasteiger partial charge in [-0.3, -0.25) is 0 Å². The Kier molecular flexibility index (Phi) is 8.72. The molecule has 134 valence electrons. The zero-order valence-corrected chi connectivity index (χ0v) is 15.9. The number of amides is 1. The van der Waals surface area contributed by atoms with E-state index in [4.69, 9.17) is 4.74 Å². The van der Waals surface area contributed by atoms with Crippen LogP contribution >= 0.6 is 0 Å². The van der Waals surface area contributed by atoms with E-state index < -0.39 is 5.60 Å². The van der Waals surface area contributed by atoms with E-state index in [1.165, 1.54) is 38.5 Å². The standard InChI is InChI=1S/C20H37NO2/c1-16(2)12-8-6-11-15-18(17-13-9-7-10-14-17)21-19(22)23-20(3,4)5/h6,11,16-18H,7-10,12-15H2,1-5H3,(H,21,22)/t18-/m0/s1. The number of alkyl carbamates (subject to hydrolysis) is 1. The van der Waals surface area contributed by atoms with Crippen molar-refractivity contribution in [2.75, 3.05) is 0 Å². The van der Waals surface area contributed by atoms with Crippen LogP contribution in [0.25, 0.3) is 0 Å². The Balaban J connectivity index is 2.53. The molecule has 1 saturated carbocycles. The molecular formula is C20H37NO2. The van der Waals surface area contributed by atoms with Gasteiger partial charge >= 0.3 is 6.09 Å². The molecule has 3 heteroatoms. The van der Waals surface area contributed by atoms with Gasteiger partial charge in [-0.25, -0.2) is 4.79 Å². The first-order valence-electron chi connectivity index (χ1n) is 9.42.